The predicted octanol–water partition coefficient (Wildman–Crippen LogP) is 2.78. The summed E-state index contributed by atoms with van der Waals surface area (Å²) in [6, 6.07) is 0. The molecular weight excluding hydrogens is 306 g/mol. The van der Waals surface area contributed by atoms with Crippen LogP contribution in [0.25, 0.3) is 0 Å². The minimum Gasteiger partial charge on any atom is -0.444 e. The number of anilines is 1. The topological polar surface area (TPSA) is 67.3 Å². The van der Waals surface area contributed by atoms with Crippen molar-refractivity contribution in [1.82, 2.24) is 14.9 Å². The smallest absolute Gasteiger partial charge is 0.410 e. The van der Waals surface area contributed by atoms with Crippen molar-refractivity contribution < 1.29 is 18.3 Å². The second kappa shape index (κ2) is 6.64. The standard InChI is InChI=1S/C15H22F2N4O2/c1-14(2,3)23-13(22)21-7-4-11(15(16,17)10-21)8-20-12-9-18-5-6-19-12/h5-6,9,11H,4,7-8,10H2,1-3H3,(H,19,20). The average molecular weight is 328 g/mol. The summed E-state index contributed by atoms with van der Waals surface area (Å²) in [4.78, 5) is 20.9. The third-order valence-electron chi connectivity index (χ3n) is 3.49. The quantitative estimate of drug-likeness (QED) is 0.924. The fraction of sp³-hybridized carbons (Fsp3) is 0.667. The van der Waals surface area contributed by atoms with Crippen LogP contribution in [-0.4, -0.2) is 52.1 Å². The van der Waals surface area contributed by atoms with Gasteiger partial charge >= 0.3 is 6.09 Å². The second-order valence-corrected chi connectivity index (χ2v) is 6.62. The third kappa shape index (κ3) is 5.01. The van der Waals surface area contributed by atoms with Gasteiger partial charge in [-0.3, -0.25) is 4.98 Å². The number of piperidine rings is 1. The molecular formula is C15H22F2N4O2. The van der Waals surface area contributed by atoms with Gasteiger partial charge in [0.25, 0.3) is 5.92 Å². The van der Waals surface area contributed by atoms with Crippen molar-refractivity contribution >= 4 is 11.9 Å². The number of rotatable bonds is 3. The van der Waals surface area contributed by atoms with Crippen molar-refractivity contribution in [2.75, 3.05) is 25.0 Å². The lowest BCUT2D eigenvalue weighted by Gasteiger charge is -2.38. The molecule has 1 aromatic rings. The van der Waals surface area contributed by atoms with Gasteiger partial charge in [0, 0.05) is 31.4 Å². The molecule has 1 aromatic heterocycles. The van der Waals surface area contributed by atoms with Gasteiger partial charge < -0.3 is 15.0 Å². The van der Waals surface area contributed by atoms with E-state index in [9.17, 15) is 13.6 Å². The summed E-state index contributed by atoms with van der Waals surface area (Å²) in [5.41, 5.74) is -0.698. The Kier molecular flexibility index (Phi) is 5.01. The minimum atomic E-state index is -2.98. The van der Waals surface area contributed by atoms with Crippen molar-refractivity contribution in [2.24, 2.45) is 5.92 Å². The third-order valence-corrected chi connectivity index (χ3v) is 3.49. The molecule has 1 unspecified atom stereocenters. The number of likely N-dealkylation sites (tertiary alicyclic amines) is 1. The molecule has 1 fully saturated rings. The number of hydrogen-bond acceptors (Lipinski definition) is 5. The molecule has 0 bridgehead atoms. The Hall–Kier alpha value is -1.99. The second-order valence-electron chi connectivity index (χ2n) is 6.62. The van der Waals surface area contributed by atoms with Crippen molar-refractivity contribution in [3.63, 3.8) is 0 Å². The van der Waals surface area contributed by atoms with E-state index in [-0.39, 0.29) is 19.5 Å². The molecule has 1 amide bonds. The van der Waals surface area contributed by atoms with Crippen LogP contribution in [0.4, 0.5) is 19.4 Å². The van der Waals surface area contributed by atoms with Crippen molar-refractivity contribution in [1.29, 1.82) is 0 Å². The SMILES string of the molecule is CC(C)(C)OC(=O)N1CCC(CNc2cnccn2)C(F)(F)C1. The number of amides is 1. The maximum absolute atomic E-state index is 14.3. The zero-order valence-corrected chi connectivity index (χ0v) is 13.6. The highest BCUT2D eigenvalue weighted by Crippen LogP contribution is 2.33. The van der Waals surface area contributed by atoms with Gasteiger partial charge in [0.1, 0.15) is 11.4 Å². The van der Waals surface area contributed by atoms with E-state index < -0.39 is 30.1 Å². The Bertz CT molecular complexity index is 534. The van der Waals surface area contributed by atoms with Gasteiger partial charge in [-0.05, 0) is 27.2 Å². The molecule has 1 saturated heterocycles. The van der Waals surface area contributed by atoms with Crippen LogP contribution in [0.5, 0.6) is 0 Å². The van der Waals surface area contributed by atoms with Crippen molar-refractivity contribution in [3.05, 3.63) is 18.6 Å². The summed E-state index contributed by atoms with van der Waals surface area (Å²) in [6.45, 7) is 4.82. The van der Waals surface area contributed by atoms with Crippen LogP contribution in [0.3, 0.4) is 0 Å². The van der Waals surface area contributed by atoms with E-state index in [0.717, 1.165) is 4.90 Å². The van der Waals surface area contributed by atoms with Gasteiger partial charge in [0.2, 0.25) is 0 Å². The number of carbonyl (C=O) groups excluding carboxylic acids is 1. The number of nitrogens with zero attached hydrogens (tertiary/aromatic N) is 3. The van der Waals surface area contributed by atoms with E-state index in [0.29, 0.717) is 5.82 Å². The Morgan fingerprint density at radius 2 is 2.22 bits per heavy atom. The Balaban J connectivity index is 1.91. The highest BCUT2D eigenvalue weighted by atomic mass is 19.3. The fourth-order valence-corrected chi connectivity index (χ4v) is 2.34. The molecule has 1 atom stereocenters. The number of hydrogen-bond donors (Lipinski definition) is 1. The molecule has 2 heterocycles. The van der Waals surface area contributed by atoms with Crippen LogP contribution < -0.4 is 5.32 Å². The molecule has 2 rings (SSSR count). The maximum Gasteiger partial charge on any atom is 0.410 e. The largest absolute Gasteiger partial charge is 0.444 e. The van der Waals surface area contributed by atoms with E-state index in [2.05, 4.69) is 15.3 Å². The number of carbonyl (C=O) groups is 1. The van der Waals surface area contributed by atoms with Gasteiger partial charge in [0.15, 0.2) is 0 Å². The average Bonchev–Trinajstić information content (AvgIpc) is 2.44. The lowest BCUT2D eigenvalue weighted by atomic mass is 9.93. The van der Waals surface area contributed by atoms with Crippen LogP contribution in [0.2, 0.25) is 0 Å². The molecule has 0 aromatic carbocycles. The normalized spacial score (nSPS) is 20.9. The fourth-order valence-electron chi connectivity index (χ4n) is 2.34. The zero-order valence-electron chi connectivity index (χ0n) is 13.6. The Morgan fingerprint density at radius 1 is 1.48 bits per heavy atom. The van der Waals surface area contributed by atoms with E-state index in [1.165, 1.54) is 18.6 Å². The minimum absolute atomic E-state index is 0.0772. The monoisotopic (exact) mass is 328 g/mol. The van der Waals surface area contributed by atoms with Crippen LogP contribution >= 0.6 is 0 Å². The Labute approximate surface area is 134 Å². The first-order valence-electron chi connectivity index (χ1n) is 7.53. The molecule has 6 nitrogen and oxygen atoms in total. The number of alkyl halides is 2. The van der Waals surface area contributed by atoms with Gasteiger partial charge in [-0.25, -0.2) is 18.6 Å². The molecule has 0 radical (unpaired) electrons. The molecule has 1 aliphatic heterocycles. The van der Waals surface area contributed by atoms with Crippen LogP contribution in [0, 0.1) is 5.92 Å². The van der Waals surface area contributed by atoms with Gasteiger partial charge in [0.05, 0.1) is 12.7 Å². The molecule has 23 heavy (non-hydrogen) atoms. The maximum atomic E-state index is 14.3. The number of nitrogens with one attached hydrogen (secondary N) is 1. The zero-order chi connectivity index (χ0) is 17.1. The molecule has 1 aliphatic rings. The van der Waals surface area contributed by atoms with Crippen molar-refractivity contribution in [2.45, 2.75) is 38.7 Å². The number of aromatic nitrogens is 2. The predicted molar refractivity (Wildman–Crippen MR) is 81.4 cm³/mol. The molecule has 0 aliphatic carbocycles. The molecule has 128 valence electrons. The van der Waals surface area contributed by atoms with Gasteiger partial charge in [-0.15, -0.1) is 0 Å². The molecule has 0 spiro atoms. The van der Waals surface area contributed by atoms with Gasteiger partial charge in [-0.2, -0.15) is 0 Å². The number of halogens is 2. The summed E-state index contributed by atoms with van der Waals surface area (Å²) in [6.07, 6.45) is 3.98. The highest BCUT2D eigenvalue weighted by molar-refractivity contribution is 5.68. The van der Waals surface area contributed by atoms with Crippen LogP contribution in [-0.2, 0) is 4.74 Å². The first-order chi connectivity index (χ1) is 10.7. The summed E-state index contributed by atoms with van der Waals surface area (Å²) in [7, 11) is 0. The molecule has 1 N–H and O–H groups in total. The summed E-state index contributed by atoms with van der Waals surface area (Å²) in [5, 5.41) is 2.86. The van der Waals surface area contributed by atoms with E-state index in [1.54, 1.807) is 20.8 Å². The van der Waals surface area contributed by atoms with E-state index in [4.69, 9.17) is 4.74 Å². The summed E-state index contributed by atoms with van der Waals surface area (Å²) in [5.74, 6) is -3.40. The van der Waals surface area contributed by atoms with E-state index in [1.807, 2.05) is 0 Å². The van der Waals surface area contributed by atoms with E-state index >= 15 is 0 Å². The lowest BCUT2D eigenvalue weighted by molar-refractivity contribution is -0.106. The summed E-state index contributed by atoms with van der Waals surface area (Å²) < 4.78 is 33.7. The molecule has 8 heteroatoms. The van der Waals surface area contributed by atoms with Crippen LogP contribution in [0.1, 0.15) is 27.2 Å². The lowest BCUT2D eigenvalue weighted by Crippen LogP contribution is -2.53. The summed E-state index contributed by atoms with van der Waals surface area (Å²) >= 11 is 0. The van der Waals surface area contributed by atoms with Crippen LogP contribution in [0.15, 0.2) is 18.6 Å². The first kappa shape index (κ1) is 17.4. The number of ether oxygens (including phenoxy) is 1. The molecule has 0 saturated carbocycles. The highest BCUT2D eigenvalue weighted by Gasteiger charge is 2.46. The Morgan fingerprint density at radius 3 is 2.78 bits per heavy atom. The first-order valence-corrected chi connectivity index (χ1v) is 7.53. The van der Waals surface area contributed by atoms with Gasteiger partial charge in [-0.1, -0.05) is 0 Å². The van der Waals surface area contributed by atoms with Crippen molar-refractivity contribution in [3.8, 4) is 0 Å².